The molecular weight excluding hydrogens is 342 g/mol. The lowest BCUT2D eigenvalue weighted by Crippen LogP contribution is -2.13. The highest BCUT2D eigenvalue weighted by Crippen LogP contribution is 2.32. The largest absolute Gasteiger partial charge is 0.293 e. The first-order valence-corrected chi connectivity index (χ1v) is 8.18. The Balaban J connectivity index is 2.33. The quantitative estimate of drug-likeness (QED) is 0.449. The molecule has 0 aliphatic carbocycles. The van der Waals surface area contributed by atoms with Crippen molar-refractivity contribution < 1.29 is 4.79 Å². The van der Waals surface area contributed by atoms with Gasteiger partial charge in [0.05, 0.1) is 0 Å². The summed E-state index contributed by atoms with van der Waals surface area (Å²) >= 11 is 3.54. The number of unbranched alkanes of at least 4 members (excludes halogenated alkanes) is 1. The van der Waals surface area contributed by atoms with Crippen molar-refractivity contribution in [2.45, 2.75) is 32.1 Å². The van der Waals surface area contributed by atoms with E-state index in [1.54, 1.807) is 24.3 Å². The molecular formula is C18H18BrNO2. The molecule has 2 aromatic rings. The molecule has 4 heteroatoms. The van der Waals surface area contributed by atoms with Crippen molar-refractivity contribution >= 4 is 27.4 Å². The minimum atomic E-state index is -0.175. The van der Waals surface area contributed by atoms with E-state index in [1.807, 2.05) is 24.3 Å². The van der Waals surface area contributed by atoms with Gasteiger partial charge in [-0.15, -0.1) is 4.91 Å². The minimum Gasteiger partial charge on any atom is -0.293 e. The number of carbonyl (C=O) groups is 1. The molecule has 0 heterocycles. The standard InChI is InChI=1S/C18H18BrNO2/c1-2-3-6-16(15-7-4-5-8-17(15)19)18(21)13-9-11-14(20-22)12-10-13/h4-5,7-12,16H,2-3,6H2,1H3. The number of halogens is 1. The second-order valence-electron chi connectivity index (χ2n) is 5.22. The molecule has 0 aliphatic heterocycles. The number of ketones is 1. The summed E-state index contributed by atoms with van der Waals surface area (Å²) < 4.78 is 0.954. The Kier molecular flexibility index (Phi) is 6.01. The van der Waals surface area contributed by atoms with Crippen LogP contribution in [-0.2, 0) is 0 Å². The van der Waals surface area contributed by atoms with Crippen molar-refractivity contribution in [1.29, 1.82) is 0 Å². The van der Waals surface area contributed by atoms with E-state index in [4.69, 9.17) is 0 Å². The van der Waals surface area contributed by atoms with E-state index in [1.165, 1.54) is 0 Å². The fourth-order valence-electron chi connectivity index (χ4n) is 2.48. The highest BCUT2D eigenvalue weighted by Gasteiger charge is 2.23. The van der Waals surface area contributed by atoms with Gasteiger partial charge in [0, 0.05) is 16.0 Å². The van der Waals surface area contributed by atoms with Crippen LogP contribution in [0.25, 0.3) is 0 Å². The van der Waals surface area contributed by atoms with E-state index in [2.05, 4.69) is 28.0 Å². The fraction of sp³-hybridized carbons (Fsp3) is 0.278. The predicted molar refractivity (Wildman–Crippen MR) is 92.6 cm³/mol. The van der Waals surface area contributed by atoms with Crippen LogP contribution in [0.4, 0.5) is 5.69 Å². The summed E-state index contributed by atoms with van der Waals surface area (Å²) in [5.41, 5.74) is 1.96. The van der Waals surface area contributed by atoms with E-state index < -0.39 is 0 Å². The Hall–Kier alpha value is -1.81. The number of nitrogens with zero attached hydrogens (tertiary/aromatic N) is 1. The monoisotopic (exact) mass is 359 g/mol. The van der Waals surface area contributed by atoms with Crippen molar-refractivity contribution in [3.05, 3.63) is 69.0 Å². The van der Waals surface area contributed by atoms with Gasteiger partial charge in [-0.1, -0.05) is 53.9 Å². The van der Waals surface area contributed by atoms with Crippen LogP contribution in [0.1, 0.15) is 48.0 Å². The van der Waals surface area contributed by atoms with Crippen molar-refractivity contribution in [3.63, 3.8) is 0 Å². The number of rotatable bonds is 7. The first kappa shape index (κ1) is 16.6. The predicted octanol–water partition coefficient (Wildman–Crippen LogP) is 6.00. The van der Waals surface area contributed by atoms with Crippen LogP contribution >= 0.6 is 15.9 Å². The molecule has 0 saturated carbocycles. The van der Waals surface area contributed by atoms with Crippen LogP contribution in [-0.4, -0.2) is 5.78 Å². The van der Waals surface area contributed by atoms with Gasteiger partial charge in [-0.2, -0.15) is 0 Å². The van der Waals surface area contributed by atoms with Crippen molar-refractivity contribution in [2.24, 2.45) is 5.18 Å². The molecule has 2 aromatic carbocycles. The van der Waals surface area contributed by atoms with Crippen LogP contribution in [0.15, 0.2) is 58.2 Å². The number of hydrogen-bond acceptors (Lipinski definition) is 3. The maximum absolute atomic E-state index is 12.9. The molecule has 0 aliphatic rings. The van der Waals surface area contributed by atoms with Gasteiger partial charge in [0.25, 0.3) is 0 Å². The maximum atomic E-state index is 12.9. The molecule has 114 valence electrons. The van der Waals surface area contributed by atoms with Crippen LogP contribution in [0, 0.1) is 4.91 Å². The van der Waals surface area contributed by atoms with Crippen LogP contribution in [0.3, 0.4) is 0 Å². The van der Waals surface area contributed by atoms with Gasteiger partial charge >= 0.3 is 0 Å². The van der Waals surface area contributed by atoms with E-state index in [-0.39, 0.29) is 11.7 Å². The normalized spacial score (nSPS) is 11.9. The first-order valence-electron chi connectivity index (χ1n) is 7.39. The van der Waals surface area contributed by atoms with E-state index in [0.29, 0.717) is 11.3 Å². The molecule has 1 unspecified atom stereocenters. The average Bonchev–Trinajstić information content (AvgIpc) is 2.56. The maximum Gasteiger partial charge on any atom is 0.170 e. The fourth-order valence-corrected chi connectivity index (χ4v) is 3.04. The summed E-state index contributed by atoms with van der Waals surface area (Å²) in [6.45, 7) is 2.12. The highest BCUT2D eigenvalue weighted by molar-refractivity contribution is 9.10. The zero-order chi connectivity index (χ0) is 15.9. The summed E-state index contributed by atoms with van der Waals surface area (Å²) in [6.07, 6.45) is 2.85. The van der Waals surface area contributed by atoms with Gasteiger partial charge in [-0.3, -0.25) is 4.79 Å². The summed E-state index contributed by atoms with van der Waals surface area (Å²) in [4.78, 5) is 23.4. The molecule has 0 spiro atoms. The molecule has 0 N–H and O–H groups in total. The molecule has 0 amide bonds. The Morgan fingerprint density at radius 3 is 2.41 bits per heavy atom. The average molecular weight is 360 g/mol. The van der Waals surface area contributed by atoms with Crippen molar-refractivity contribution in [1.82, 2.24) is 0 Å². The Morgan fingerprint density at radius 2 is 1.82 bits per heavy atom. The molecule has 3 nitrogen and oxygen atoms in total. The number of hydrogen-bond donors (Lipinski definition) is 0. The van der Waals surface area contributed by atoms with Crippen LogP contribution in [0.5, 0.6) is 0 Å². The van der Waals surface area contributed by atoms with Crippen LogP contribution < -0.4 is 0 Å². The first-order chi connectivity index (χ1) is 10.7. The highest BCUT2D eigenvalue weighted by atomic mass is 79.9. The smallest absolute Gasteiger partial charge is 0.170 e. The Labute approximate surface area is 138 Å². The SMILES string of the molecule is CCCCC(C(=O)c1ccc(N=O)cc1)c1ccccc1Br. The summed E-state index contributed by atoms with van der Waals surface area (Å²) in [6, 6.07) is 14.4. The molecule has 0 aromatic heterocycles. The van der Waals surface area contributed by atoms with Gasteiger partial charge in [0.1, 0.15) is 5.69 Å². The molecule has 0 bridgehead atoms. The zero-order valence-corrected chi connectivity index (χ0v) is 14.0. The Morgan fingerprint density at radius 1 is 1.14 bits per heavy atom. The summed E-state index contributed by atoms with van der Waals surface area (Å²) in [5, 5.41) is 2.87. The molecule has 22 heavy (non-hydrogen) atoms. The number of Topliss-reactive ketones (excluding diaryl/α,β-unsaturated/α-hetero) is 1. The Bertz CT molecular complexity index is 652. The number of nitroso groups, excluding NO2 is 1. The molecule has 1 atom stereocenters. The van der Waals surface area contributed by atoms with Crippen LogP contribution in [0.2, 0.25) is 0 Å². The van der Waals surface area contributed by atoms with E-state index >= 15 is 0 Å². The van der Waals surface area contributed by atoms with E-state index in [9.17, 15) is 9.70 Å². The van der Waals surface area contributed by atoms with Gasteiger partial charge in [-0.05, 0) is 47.5 Å². The third-order valence-corrected chi connectivity index (χ3v) is 4.42. The molecule has 0 fully saturated rings. The molecule has 0 saturated heterocycles. The minimum absolute atomic E-state index is 0.0813. The third-order valence-electron chi connectivity index (χ3n) is 3.70. The van der Waals surface area contributed by atoms with Gasteiger partial charge in [-0.25, -0.2) is 0 Å². The molecule has 2 rings (SSSR count). The lowest BCUT2D eigenvalue weighted by Gasteiger charge is -2.17. The number of carbonyl (C=O) groups excluding carboxylic acids is 1. The van der Waals surface area contributed by atoms with Crippen molar-refractivity contribution in [2.75, 3.05) is 0 Å². The number of benzene rings is 2. The summed E-state index contributed by atoms with van der Waals surface area (Å²) in [5.74, 6) is -0.0941. The third kappa shape index (κ3) is 3.89. The second-order valence-corrected chi connectivity index (χ2v) is 6.07. The van der Waals surface area contributed by atoms with Gasteiger partial charge in [0.2, 0.25) is 0 Å². The topological polar surface area (TPSA) is 46.5 Å². The van der Waals surface area contributed by atoms with E-state index in [0.717, 1.165) is 29.3 Å². The van der Waals surface area contributed by atoms with Gasteiger partial charge in [0.15, 0.2) is 5.78 Å². The lowest BCUT2D eigenvalue weighted by atomic mass is 9.86. The second kappa shape index (κ2) is 7.99. The van der Waals surface area contributed by atoms with Gasteiger partial charge < -0.3 is 0 Å². The summed E-state index contributed by atoms with van der Waals surface area (Å²) in [7, 11) is 0. The van der Waals surface area contributed by atoms with Crippen molar-refractivity contribution in [3.8, 4) is 0 Å². The lowest BCUT2D eigenvalue weighted by molar-refractivity contribution is 0.0953. The molecule has 0 radical (unpaired) electrons. The zero-order valence-electron chi connectivity index (χ0n) is 12.5.